The third-order valence-corrected chi connectivity index (χ3v) is 6.00. The first-order valence-electron chi connectivity index (χ1n) is 9.80. The van der Waals surface area contributed by atoms with E-state index in [4.69, 9.17) is 9.47 Å². The summed E-state index contributed by atoms with van der Waals surface area (Å²) >= 11 is 3.48. The third kappa shape index (κ3) is 5.25. The number of ether oxygens (including phenoxy) is 2. The Morgan fingerprint density at radius 3 is 2.53 bits per heavy atom. The number of halogens is 1. The number of nitro groups is 1. The number of non-ortho nitro benzene ring substituents is 1. The van der Waals surface area contributed by atoms with Crippen molar-refractivity contribution in [3.8, 4) is 17.2 Å². The summed E-state index contributed by atoms with van der Waals surface area (Å²) in [6.45, 7) is 5.92. The normalized spacial score (nSPS) is 11.7. The number of carbonyl (C=O) groups excluding carboxylic acids is 1. The lowest BCUT2D eigenvalue weighted by Crippen LogP contribution is -2.25. The van der Waals surface area contributed by atoms with Crippen LogP contribution >= 0.6 is 15.9 Å². The molecule has 32 heavy (non-hydrogen) atoms. The van der Waals surface area contributed by atoms with Crippen LogP contribution in [0.1, 0.15) is 18.3 Å². The minimum Gasteiger partial charge on any atom is -0.493 e. The highest BCUT2D eigenvalue weighted by atomic mass is 79.9. The van der Waals surface area contributed by atoms with Gasteiger partial charge in [-0.1, -0.05) is 19.1 Å². The molecule has 1 heterocycles. The number of para-hydroxylation sites is 2. The maximum absolute atomic E-state index is 12.8. The molecule has 0 saturated heterocycles. The van der Waals surface area contributed by atoms with E-state index in [9.17, 15) is 14.9 Å². The molecule has 0 aliphatic carbocycles. The lowest BCUT2D eigenvalue weighted by atomic mass is 10.1. The number of nitro benzene ring substituents is 1. The van der Waals surface area contributed by atoms with Crippen LogP contribution in [-0.4, -0.2) is 27.7 Å². The molecule has 0 radical (unpaired) electrons. The lowest BCUT2D eigenvalue weighted by molar-refractivity contribution is -0.384. The second-order valence-electron chi connectivity index (χ2n) is 7.28. The fourth-order valence-corrected chi connectivity index (χ4v) is 3.39. The van der Waals surface area contributed by atoms with Crippen molar-refractivity contribution in [1.29, 1.82) is 0 Å². The summed E-state index contributed by atoms with van der Waals surface area (Å²) in [6, 6.07) is 11.1. The van der Waals surface area contributed by atoms with Crippen LogP contribution in [0, 0.1) is 29.9 Å². The number of anilines is 1. The molecular weight excluding hydrogens is 480 g/mol. The molecular formula is C22H23BrN4O5. The van der Waals surface area contributed by atoms with E-state index in [1.54, 1.807) is 35.9 Å². The molecule has 1 amide bonds. The van der Waals surface area contributed by atoms with E-state index >= 15 is 0 Å². The molecule has 0 aliphatic heterocycles. The molecule has 1 N–H and O–H groups in total. The van der Waals surface area contributed by atoms with E-state index in [0.717, 1.165) is 15.9 Å². The van der Waals surface area contributed by atoms with E-state index in [1.165, 1.54) is 25.3 Å². The lowest BCUT2D eigenvalue weighted by Gasteiger charge is -2.15. The van der Waals surface area contributed by atoms with Crippen LogP contribution < -0.4 is 14.8 Å². The topological polar surface area (TPSA) is 109 Å². The van der Waals surface area contributed by atoms with Crippen LogP contribution in [0.25, 0.3) is 0 Å². The minimum absolute atomic E-state index is 0.203. The van der Waals surface area contributed by atoms with Crippen molar-refractivity contribution in [3.63, 3.8) is 0 Å². The highest BCUT2D eigenvalue weighted by Crippen LogP contribution is 2.34. The Kier molecular flexibility index (Phi) is 7.14. The van der Waals surface area contributed by atoms with Gasteiger partial charge in [0, 0.05) is 17.8 Å². The van der Waals surface area contributed by atoms with Gasteiger partial charge in [-0.3, -0.25) is 19.6 Å². The van der Waals surface area contributed by atoms with Gasteiger partial charge in [-0.2, -0.15) is 5.10 Å². The predicted octanol–water partition coefficient (Wildman–Crippen LogP) is 5.25. The fourth-order valence-electron chi connectivity index (χ4n) is 3.11. The maximum atomic E-state index is 12.8. The zero-order valence-corrected chi connectivity index (χ0v) is 19.7. The van der Waals surface area contributed by atoms with E-state index in [-0.39, 0.29) is 23.0 Å². The first-order chi connectivity index (χ1) is 15.2. The Bertz CT molecular complexity index is 1160. The molecule has 0 bridgehead atoms. The number of aromatic nitrogens is 2. The minimum atomic E-state index is -0.540. The smallest absolute Gasteiger partial charge is 0.275 e. The standard InChI is InChI=1S/C22H23BrN4O5/c1-13(12-26-15(3)21(23)14(2)25-26)22(28)24-16-9-17(27(29)30)11-18(10-16)32-20-8-6-5-7-19(20)31-4/h5-11,13H,12H2,1-4H3,(H,24,28). The zero-order chi connectivity index (χ0) is 23.4. The monoisotopic (exact) mass is 502 g/mol. The number of aryl methyl sites for hydroxylation is 1. The summed E-state index contributed by atoms with van der Waals surface area (Å²) in [7, 11) is 1.50. The Hall–Kier alpha value is -3.40. The first-order valence-corrected chi connectivity index (χ1v) is 10.6. The van der Waals surface area contributed by atoms with Gasteiger partial charge in [0.2, 0.25) is 5.91 Å². The van der Waals surface area contributed by atoms with Gasteiger partial charge in [0.15, 0.2) is 11.5 Å². The quantitative estimate of drug-likeness (QED) is 0.333. The van der Waals surface area contributed by atoms with Crippen molar-refractivity contribution in [1.82, 2.24) is 9.78 Å². The van der Waals surface area contributed by atoms with Crippen LogP contribution in [0.15, 0.2) is 46.9 Å². The van der Waals surface area contributed by atoms with Gasteiger partial charge in [0.1, 0.15) is 5.75 Å². The molecule has 1 unspecified atom stereocenters. The average Bonchev–Trinajstić information content (AvgIpc) is 3.00. The number of nitrogens with zero attached hydrogens (tertiary/aromatic N) is 3. The van der Waals surface area contributed by atoms with Crippen molar-refractivity contribution in [3.05, 3.63) is 68.4 Å². The summed E-state index contributed by atoms with van der Waals surface area (Å²) < 4.78 is 13.7. The number of carbonyl (C=O) groups is 1. The Balaban J connectivity index is 1.81. The molecule has 2 aromatic carbocycles. The van der Waals surface area contributed by atoms with E-state index in [1.807, 2.05) is 13.8 Å². The van der Waals surface area contributed by atoms with Crippen molar-refractivity contribution >= 4 is 33.2 Å². The summed E-state index contributed by atoms with van der Waals surface area (Å²) in [5.41, 5.74) is 1.82. The molecule has 0 fully saturated rings. The van der Waals surface area contributed by atoms with Crippen LogP contribution in [0.3, 0.4) is 0 Å². The van der Waals surface area contributed by atoms with Crippen molar-refractivity contribution in [2.75, 3.05) is 12.4 Å². The SMILES string of the molecule is COc1ccccc1Oc1cc(NC(=O)C(C)Cn2nc(C)c(Br)c2C)cc([N+](=O)[O-])c1. The molecule has 9 nitrogen and oxygen atoms in total. The van der Waals surface area contributed by atoms with Gasteiger partial charge < -0.3 is 14.8 Å². The van der Waals surface area contributed by atoms with Crippen LogP contribution in [0.4, 0.5) is 11.4 Å². The molecule has 3 aromatic rings. The van der Waals surface area contributed by atoms with Gasteiger partial charge in [-0.15, -0.1) is 0 Å². The molecule has 3 rings (SSSR count). The fraction of sp³-hybridized carbons (Fsp3) is 0.273. The van der Waals surface area contributed by atoms with Gasteiger partial charge in [-0.05, 0) is 41.9 Å². The van der Waals surface area contributed by atoms with E-state index in [2.05, 4.69) is 26.3 Å². The second-order valence-corrected chi connectivity index (χ2v) is 8.08. The molecule has 0 spiro atoms. The first kappa shape index (κ1) is 23.3. The Morgan fingerprint density at radius 1 is 1.25 bits per heavy atom. The van der Waals surface area contributed by atoms with Crippen molar-refractivity contribution in [2.45, 2.75) is 27.3 Å². The number of hydrogen-bond acceptors (Lipinski definition) is 6. The Morgan fingerprint density at radius 2 is 1.94 bits per heavy atom. The maximum Gasteiger partial charge on any atom is 0.275 e. The van der Waals surface area contributed by atoms with Crippen LogP contribution in [0.2, 0.25) is 0 Å². The van der Waals surface area contributed by atoms with Gasteiger partial charge >= 0.3 is 0 Å². The number of methoxy groups -OCH3 is 1. The summed E-state index contributed by atoms with van der Waals surface area (Å²) in [5, 5.41) is 18.6. The summed E-state index contributed by atoms with van der Waals surface area (Å²) in [4.78, 5) is 23.6. The molecule has 0 aliphatic rings. The Labute approximate surface area is 193 Å². The number of rotatable bonds is 8. The number of nitrogens with one attached hydrogen (secondary N) is 1. The summed E-state index contributed by atoms with van der Waals surface area (Å²) in [6.07, 6.45) is 0. The molecule has 0 saturated carbocycles. The van der Waals surface area contributed by atoms with Gasteiger partial charge in [0.25, 0.3) is 5.69 Å². The molecule has 1 aromatic heterocycles. The number of benzene rings is 2. The zero-order valence-electron chi connectivity index (χ0n) is 18.1. The van der Waals surface area contributed by atoms with E-state index in [0.29, 0.717) is 18.0 Å². The average molecular weight is 503 g/mol. The van der Waals surface area contributed by atoms with Gasteiger partial charge in [-0.25, -0.2) is 0 Å². The second kappa shape index (κ2) is 9.82. The highest BCUT2D eigenvalue weighted by molar-refractivity contribution is 9.10. The highest BCUT2D eigenvalue weighted by Gasteiger charge is 2.19. The molecule has 168 valence electrons. The molecule has 10 heteroatoms. The number of hydrogen-bond donors (Lipinski definition) is 1. The third-order valence-electron chi connectivity index (χ3n) is 4.85. The van der Waals surface area contributed by atoms with Gasteiger partial charge in [0.05, 0.1) is 46.4 Å². The largest absolute Gasteiger partial charge is 0.493 e. The van der Waals surface area contributed by atoms with Crippen molar-refractivity contribution < 1.29 is 19.2 Å². The predicted molar refractivity (Wildman–Crippen MR) is 123 cm³/mol. The van der Waals surface area contributed by atoms with Crippen LogP contribution in [0.5, 0.6) is 17.2 Å². The summed E-state index contributed by atoms with van der Waals surface area (Å²) in [5.74, 6) is 0.356. The van der Waals surface area contributed by atoms with Crippen molar-refractivity contribution in [2.24, 2.45) is 5.92 Å². The molecule has 1 atom stereocenters. The van der Waals surface area contributed by atoms with Crippen LogP contribution in [-0.2, 0) is 11.3 Å². The number of amides is 1. The van der Waals surface area contributed by atoms with E-state index < -0.39 is 10.8 Å².